The van der Waals surface area contributed by atoms with Gasteiger partial charge in [-0.05, 0) is 75.7 Å². The lowest BCUT2D eigenvalue weighted by Crippen LogP contribution is -2.38. The van der Waals surface area contributed by atoms with Crippen LogP contribution in [-0.2, 0) is 22.2 Å². The van der Waals surface area contributed by atoms with Gasteiger partial charge in [0.15, 0.2) is 0 Å². The number of hydrogen-bond acceptors (Lipinski definition) is 2. The largest absolute Gasteiger partial charge is 0.298 e. The quantitative estimate of drug-likeness (QED) is 0.494. The number of amides is 1. The maximum Gasteiger partial charge on any atom is 0.257 e. The Morgan fingerprint density at radius 1 is 1.27 bits per heavy atom. The maximum atomic E-state index is 13.7. The molecule has 0 N–H and O–H groups in total. The highest BCUT2D eigenvalue weighted by atomic mass is 35.5. The highest BCUT2D eigenvalue weighted by Gasteiger charge is 2.42. The maximum absolute atomic E-state index is 13.7. The third kappa shape index (κ3) is 4.88. The van der Waals surface area contributed by atoms with E-state index in [1.54, 1.807) is 17.6 Å². The molecule has 1 saturated carbocycles. The van der Waals surface area contributed by atoms with Crippen LogP contribution >= 0.6 is 23.1 Å². The van der Waals surface area contributed by atoms with Gasteiger partial charge >= 0.3 is 0 Å². The van der Waals surface area contributed by atoms with Gasteiger partial charge in [-0.25, -0.2) is 9.38 Å². The highest BCUT2D eigenvalue weighted by molar-refractivity contribution is 7.04. The Kier molecular flexibility index (Phi) is 7.24. The predicted molar refractivity (Wildman–Crippen MR) is 123 cm³/mol. The molecule has 164 valence electrons. The smallest absolute Gasteiger partial charge is 0.257 e. The number of unbranched alkanes of at least 4 members (excludes halogenated alkanes) is 1. The van der Waals surface area contributed by atoms with E-state index in [0.717, 1.165) is 54.3 Å². The minimum absolute atomic E-state index is 0.0642. The molecule has 0 radical (unpaired) electrons. The van der Waals surface area contributed by atoms with Crippen LogP contribution in [-0.4, -0.2) is 9.86 Å². The first kappa shape index (κ1) is 23.2. The van der Waals surface area contributed by atoms with Crippen LogP contribution < -0.4 is 4.67 Å². The standard InChI is InChI=1S/C24H32ClFN2OS/c1-5-6-10-17-16-28(23(2,3)4)30-21(17)27-22(29)24(13-8-7-9-14-24)19-12-11-18(26)15-20(19)25/h11-12,15-16H,5-10,13-14H2,1-4H3/b27-21-. The molecular formula is C24H32ClFN2OS. The van der Waals surface area contributed by atoms with Crippen molar-refractivity contribution < 1.29 is 9.18 Å². The molecule has 30 heavy (non-hydrogen) atoms. The summed E-state index contributed by atoms with van der Waals surface area (Å²) in [5.74, 6) is -0.526. The van der Waals surface area contributed by atoms with Gasteiger partial charge in [0, 0.05) is 22.3 Å². The third-order valence-corrected chi connectivity index (χ3v) is 7.65. The average Bonchev–Trinajstić information content (AvgIpc) is 3.10. The van der Waals surface area contributed by atoms with E-state index in [1.807, 2.05) is 0 Å². The Bertz CT molecular complexity index is 964. The Balaban J connectivity index is 2.10. The molecule has 1 amide bonds. The summed E-state index contributed by atoms with van der Waals surface area (Å²) in [4.78, 5) is 18.4. The Labute approximate surface area is 188 Å². The minimum Gasteiger partial charge on any atom is -0.298 e. The van der Waals surface area contributed by atoms with Crippen LogP contribution in [0, 0.1) is 5.82 Å². The molecule has 0 bridgehead atoms. The lowest BCUT2D eigenvalue weighted by atomic mass is 9.69. The summed E-state index contributed by atoms with van der Waals surface area (Å²) >= 11 is 7.97. The van der Waals surface area contributed by atoms with E-state index in [-0.39, 0.29) is 17.3 Å². The molecule has 0 atom stereocenters. The molecule has 0 spiro atoms. The fraction of sp³-hybridized carbons (Fsp3) is 0.583. The SMILES string of the molecule is CCCCc1cn(C(C)(C)C)s/c1=N\C(=O)C1(c2ccc(F)cc2Cl)CCCCC1. The topological polar surface area (TPSA) is 34.4 Å². The van der Waals surface area contributed by atoms with Crippen LogP contribution in [0.15, 0.2) is 29.4 Å². The summed E-state index contributed by atoms with van der Waals surface area (Å²) in [5.41, 5.74) is 1.02. The molecule has 0 unspecified atom stereocenters. The van der Waals surface area contributed by atoms with Crippen LogP contribution in [0.2, 0.25) is 5.02 Å². The first-order valence-electron chi connectivity index (χ1n) is 10.9. The molecular weight excluding hydrogens is 419 g/mol. The van der Waals surface area contributed by atoms with Crippen molar-refractivity contribution in [3.8, 4) is 0 Å². The molecule has 1 aromatic carbocycles. The van der Waals surface area contributed by atoms with Crippen molar-refractivity contribution in [2.75, 3.05) is 0 Å². The van der Waals surface area contributed by atoms with E-state index in [2.05, 4.69) is 42.8 Å². The van der Waals surface area contributed by atoms with Gasteiger partial charge in [-0.1, -0.05) is 50.3 Å². The van der Waals surface area contributed by atoms with E-state index in [0.29, 0.717) is 17.9 Å². The Morgan fingerprint density at radius 2 is 1.97 bits per heavy atom. The van der Waals surface area contributed by atoms with E-state index in [1.165, 1.54) is 12.1 Å². The first-order valence-corrected chi connectivity index (χ1v) is 12.1. The summed E-state index contributed by atoms with van der Waals surface area (Å²) in [6.07, 6.45) is 9.61. The van der Waals surface area contributed by atoms with Crippen molar-refractivity contribution in [1.29, 1.82) is 0 Å². The Morgan fingerprint density at radius 3 is 2.57 bits per heavy atom. The Hall–Kier alpha value is -1.46. The number of benzene rings is 1. The summed E-state index contributed by atoms with van der Waals surface area (Å²) in [6.45, 7) is 8.62. The van der Waals surface area contributed by atoms with Crippen molar-refractivity contribution in [3.63, 3.8) is 0 Å². The molecule has 6 heteroatoms. The minimum atomic E-state index is -0.762. The van der Waals surface area contributed by atoms with Crippen LogP contribution in [0.5, 0.6) is 0 Å². The highest BCUT2D eigenvalue weighted by Crippen LogP contribution is 2.43. The second-order valence-corrected chi connectivity index (χ2v) is 10.7. The normalized spacial score (nSPS) is 17.3. The zero-order valence-corrected chi connectivity index (χ0v) is 20.0. The predicted octanol–water partition coefficient (Wildman–Crippen LogP) is 6.77. The third-order valence-electron chi connectivity index (χ3n) is 5.96. The molecule has 1 aliphatic carbocycles. The zero-order valence-electron chi connectivity index (χ0n) is 18.4. The average molecular weight is 451 g/mol. The molecule has 3 nitrogen and oxygen atoms in total. The van der Waals surface area contributed by atoms with Gasteiger partial charge in [-0.3, -0.25) is 8.75 Å². The van der Waals surface area contributed by atoms with Gasteiger partial charge in [-0.2, -0.15) is 0 Å². The van der Waals surface area contributed by atoms with Crippen molar-refractivity contribution in [2.45, 2.75) is 90.0 Å². The summed E-state index contributed by atoms with van der Waals surface area (Å²) < 4.78 is 16.7. The number of halogens is 2. The zero-order chi connectivity index (χ0) is 21.9. The number of nitrogens with zero attached hydrogens (tertiary/aromatic N) is 2. The summed E-state index contributed by atoms with van der Waals surface area (Å²) in [5, 5.41) is 0.322. The number of aromatic nitrogens is 1. The van der Waals surface area contributed by atoms with E-state index in [9.17, 15) is 9.18 Å². The molecule has 1 fully saturated rings. The molecule has 0 aliphatic heterocycles. The van der Waals surface area contributed by atoms with Crippen LogP contribution in [0.25, 0.3) is 0 Å². The molecule has 2 aromatic rings. The lowest BCUT2D eigenvalue weighted by molar-refractivity contribution is -0.124. The fourth-order valence-electron chi connectivity index (χ4n) is 4.17. The van der Waals surface area contributed by atoms with Gasteiger partial charge in [0.05, 0.1) is 5.41 Å². The monoisotopic (exact) mass is 450 g/mol. The lowest BCUT2D eigenvalue weighted by Gasteiger charge is -2.35. The van der Waals surface area contributed by atoms with Crippen molar-refractivity contribution in [1.82, 2.24) is 3.96 Å². The number of hydrogen-bond donors (Lipinski definition) is 0. The number of carbonyl (C=O) groups is 1. The van der Waals surface area contributed by atoms with Crippen LogP contribution in [0.1, 0.15) is 83.8 Å². The van der Waals surface area contributed by atoms with Crippen LogP contribution in [0.3, 0.4) is 0 Å². The van der Waals surface area contributed by atoms with Crippen molar-refractivity contribution >= 4 is 29.0 Å². The fourth-order valence-corrected chi connectivity index (χ4v) is 5.55. The molecule has 1 aliphatic rings. The van der Waals surface area contributed by atoms with Gasteiger partial charge in [-0.15, -0.1) is 0 Å². The van der Waals surface area contributed by atoms with Crippen molar-refractivity contribution in [3.05, 3.63) is 51.0 Å². The molecule has 3 rings (SSSR count). The summed E-state index contributed by atoms with van der Waals surface area (Å²) in [6, 6.07) is 4.39. The van der Waals surface area contributed by atoms with Gasteiger partial charge in [0.2, 0.25) is 0 Å². The van der Waals surface area contributed by atoms with E-state index in [4.69, 9.17) is 11.6 Å². The van der Waals surface area contributed by atoms with Crippen LogP contribution in [0.4, 0.5) is 4.39 Å². The second-order valence-electron chi connectivity index (χ2n) is 9.33. The first-order chi connectivity index (χ1) is 14.2. The van der Waals surface area contributed by atoms with E-state index >= 15 is 0 Å². The number of rotatable bonds is 5. The second kappa shape index (κ2) is 9.35. The summed E-state index contributed by atoms with van der Waals surface area (Å²) in [7, 11) is 0. The number of aryl methyl sites for hydroxylation is 1. The van der Waals surface area contributed by atoms with Gasteiger partial charge in [0.1, 0.15) is 10.5 Å². The number of carbonyl (C=O) groups excluding carboxylic acids is 1. The van der Waals surface area contributed by atoms with Gasteiger partial charge in [0.25, 0.3) is 5.91 Å². The van der Waals surface area contributed by atoms with Gasteiger partial charge < -0.3 is 0 Å². The molecule has 1 aromatic heterocycles. The van der Waals surface area contributed by atoms with Crippen molar-refractivity contribution in [2.24, 2.45) is 4.99 Å². The van der Waals surface area contributed by atoms with E-state index < -0.39 is 5.41 Å². The molecule has 1 heterocycles. The molecule has 0 saturated heterocycles.